The predicted molar refractivity (Wildman–Crippen MR) is 135 cm³/mol. The normalized spacial score (nSPS) is 12.2. The van der Waals surface area contributed by atoms with E-state index in [1.807, 2.05) is 59.0 Å². The third-order valence-corrected chi connectivity index (χ3v) is 7.33. The van der Waals surface area contributed by atoms with Crippen molar-refractivity contribution < 1.29 is 14.3 Å². The van der Waals surface area contributed by atoms with Crippen LogP contribution in [0.25, 0.3) is 27.3 Å². The number of ether oxygens (including phenoxy) is 1. The molecule has 5 rings (SSSR count). The van der Waals surface area contributed by atoms with Crippen LogP contribution in [0.4, 0.5) is 5.00 Å². The van der Waals surface area contributed by atoms with Gasteiger partial charge in [-0.05, 0) is 37.6 Å². The number of thiophene rings is 1. The van der Waals surface area contributed by atoms with E-state index in [0.29, 0.717) is 21.5 Å². The van der Waals surface area contributed by atoms with Gasteiger partial charge in [0.25, 0.3) is 0 Å². The molecular formula is C24H21N5O3S2. The molecule has 0 radical (unpaired) electrons. The van der Waals surface area contributed by atoms with Crippen LogP contribution in [-0.4, -0.2) is 43.3 Å². The lowest BCUT2D eigenvalue weighted by Crippen LogP contribution is -2.23. The van der Waals surface area contributed by atoms with Crippen molar-refractivity contribution in [1.82, 2.24) is 19.6 Å². The van der Waals surface area contributed by atoms with E-state index in [2.05, 4.69) is 20.5 Å². The number of carbonyl (C=O) groups is 2. The van der Waals surface area contributed by atoms with E-state index in [4.69, 9.17) is 4.74 Å². The molecule has 0 aliphatic carbocycles. The Morgan fingerprint density at radius 2 is 1.94 bits per heavy atom. The first-order chi connectivity index (χ1) is 16.5. The van der Waals surface area contributed by atoms with E-state index < -0.39 is 11.2 Å². The van der Waals surface area contributed by atoms with Crippen molar-refractivity contribution in [1.29, 1.82) is 0 Å². The van der Waals surface area contributed by atoms with E-state index in [0.717, 1.165) is 21.5 Å². The number of aromatic nitrogens is 4. The Kier molecular flexibility index (Phi) is 6.08. The summed E-state index contributed by atoms with van der Waals surface area (Å²) in [5, 5.41) is 10.8. The van der Waals surface area contributed by atoms with Gasteiger partial charge < -0.3 is 10.1 Å². The number of nitrogens with zero attached hydrogens (tertiary/aromatic N) is 3. The van der Waals surface area contributed by atoms with Crippen molar-refractivity contribution in [3.8, 4) is 10.4 Å². The Bertz CT molecular complexity index is 1490. The van der Waals surface area contributed by atoms with E-state index >= 15 is 0 Å². The van der Waals surface area contributed by atoms with Crippen molar-refractivity contribution in [3.63, 3.8) is 0 Å². The molecule has 1 unspecified atom stereocenters. The molecule has 3 aromatic heterocycles. The summed E-state index contributed by atoms with van der Waals surface area (Å²) in [6.45, 7) is 3.81. The number of esters is 1. The lowest BCUT2D eigenvalue weighted by molar-refractivity contribution is -0.115. The van der Waals surface area contributed by atoms with Crippen molar-refractivity contribution >= 4 is 56.8 Å². The van der Waals surface area contributed by atoms with Gasteiger partial charge in [0, 0.05) is 4.88 Å². The van der Waals surface area contributed by atoms with Gasteiger partial charge >= 0.3 is 5.97 Å². The van der Waals surface area contributed by atoms with Gasteiger partial charge in [-0.2, -0.15) is 0 Å². The smallest absolute Gasteiger partial charge is 0.341 e. The van der Waals surface area contributed by atoms with Crippen molar-refractivity contribution in [2.24, 2.45) is 0 Å². The standard InChI is InChI=1S/C24H21N5O3S2/c1-3-32-22(31)16-13-19(15-9-5-4-6-10-15)34-21(16)26-20(30)14(2)33-24-28-27-23-25-17-11-7-8-12-18(17)29(23)24/h4-14H,3H2,1-2H3,(H,25,27)(H,26,30). The van der Waals surface area contributed by atoms with Crippen LogP contribution in [0.15, 0.2) is 65.8 Å². The van der Waals surface area contributed by atoms with E-state index in [-0.39, 0.29) is 12.5 Å². The third-order valence-electron chi connectivity index (χ3n) is 5.18. The molecule has 34 heavy (non-hydrogen) atoms. The second-order valence-corrected chi connectivity index (χ2v) is 9.82. The summed E-state index contributed by atoms with van der Waals surface area (Å²) in [4.78, 5) is 31.1. The fraction of sp³-hybridized carbons (Fsp3) is 0.167. The molecule has 0 bridgehead atoms. The van der Waals surface area contributed by atoms with Gasteiger partial charge in [0.2, 0.25) is 11.7 Å². The van der Waals surface area contributed by atoms with Crippen molar-refractivity contribution in [2.45, 2.75) is 24.3 Å². The Morgan fingerprint density at radius 3 is 2.74 bits per heavy atom. The van der Waals surface area contributed by atoms with E-state index in [1.165, 1.54) is 23.1 Å². The monoisotopic (exact) mass is 491 g/mol. The highest BCUT2D eigenvalue weighted by atomic mass is 32.2. The van der Waals surface area contributed by atoms with E-state index in [9.17, 15) is 9.59 Å². The number of para-hydroxylation sites is 2. The zero-order valence-corrected chi connectivity index (χ0v) is 20.1. The number of H-pyrrole nitrogens is 1. The SMILES string of the molecule is CCOC(=O)c1cc(-c2ccccc2)sc1NC(=O)C(C)Sc1n[nH]c2nc3ccccc3n12. The predicted octanol–water partition coefficient (Wildman–Crippen LogP) is 5.24. The highest BCUT2D eigenvalue weighted by Gasteiger charge is 2.24. The number of carbonyl (C=O) groups excluding carboxylic acids is 2. The van der Waals surface area contributed by atoms with Gasteiger partial charge in [-0.3, -0.25) is 9.20 Å². The Balaban J connectivity index is 1.40. The summed E-state index contributed by atoms with van der Waals surface area (Å²) >= 11 is 2.66. The molecule has 2 N–H and O–H groups in total. The molecule has 0 aliphatic rings. The quantitative estimate of drug-likeness (QED) is 0.239. The summed E-state index contributed by atoms with van der Waals surface area (Å²) in [6, 6.07) is 19.2. The number of rotatable bonds is 7. The van der Waals surface area contributed by atoms with Gasteiger partial charge in [0.15, 0.2) is 5.16 Å². The second kappa shape index (κ2) is 9.32. The first kappa shape index (κ1) is 22.2. The molecule has 2 aromatic carbocycles. The first-order valence-corrected chi connectivity index (χ1v) is 12.4. The lowest BCUT2D eigenvalue weighted by atomic mass is 10.1. The molecule has 1 amide bonds. The van der Waals surface area contributed by atoms with Crippen LogP contribution < -0.4 is 5.32 Å². The maximum Gasteiger partial charge on any atom is 0.341 e. The molecule has 0 fully saturated rings. The van der Waals surface area contributed by atoms with Crippen molar-refractivity contribution in [3.05, 3.63) is 66.2 Å². The number of anilines is 1. The van der Waals surface area contributed by atoms with Crippen LogP contribution in [0.5, 0.6) is 0 Å². The zero-order valence-electron chi connectivity index (χ0n) is 18.4. The van der Waals surface area contributed by atoms with Crippen LogP contribution in [-0.2, 0) is 9.53 Å². The fourth-order valence-corrected chi connectivity index (χ4v) is 5.46. The number of hydrogen-bond acceptors (Lipinski definition) is 7. The van der Waals surface area contributed by atoms with Gasteiger partial charge in [0.1, 0.15) is 5.00 Å². The molecule has 3 heterocycles. The highest BCUT2D eigenvalue weighted by Crippen LogP contribution is 2.36. The number of thioether (sulfide) groups is 1. The van der Waals surface area contributed by atoms with Gasteiger partial charge in [0.05, 0.1) is 28.5 Å². The van der Waals surface area contributed by atoms with Crippen LogP contribution in [0.1, 0.15) is 24.2 Å². The summed E-state index contributed by atoms with van der Waals surface area (Å²) in [5.74, 6) is -0.0836. The topological polar surface area (TPSA) is 101 Å². The van der Waals surface area contributed by atoms with Gasteiger partial charge in [-0.15, -0.1) is 16.4 Å². The third kappa shape index (κ3) is 4.17. The molecule has 8 nitrogen and oxygen atoms in total. The van der Waals surface area contributed by atoms with Crippen LogP contribution >= 0.6 is 23.1 Å². The minimum Gasteiger partial charge on any atom is -0.462 e. The number of amides is 1. The average Bonchev–Trinajstić information content (AvgIpc) is 3.54. The van der Waals surface area contributed by atoms with E-state index in [1.54, 1.807) is 19.9 Å². The largest absolute Gasteiger partial charge is 0.462 e. The van der Waals surface area contributed by atoms with Gasteiger partial charge in [-0.1, -0.05) is 54.2 Å². The maximum absolute atomic E-state index is 13.1. The summed E-state index contributed by atoms with van der Waals surface area (Å²) in [7, 11) is 0. The zero-order chi connectivity index (χ0) is 23.7. The highest BCUT2D eigenvalue weighted by molar-refractivity contribution is 8.00. The van der Waals surface area contributed by atoms with Crippen molar-refractivity contribution in [2.75, 3.05) is 11.9 Å². The Labute approximate surface area is 203 Å². The fourth-order valence-electron chi connectivity index (χ4n) is 3.54. The minimum absolute atomic E-state index is 0.238. The number of aromatic amines is 1. The molecule has 0 aliphatic heterocycles. The average molecular weight is 492 g/mol. The number of nitrogens with one attached hydrogen (secondary N) is 2. The molecule has 0 saturated carbocycles. The molecular weight excluding hydrogens is 470 g/mol. The summed E-state index contributed by atoms with van der Waals surface area (Å²) in [5.41, 5.74) is 3.07. The molecule has 10 heteroatoms. The lowest BCUT2D eigenvalue weighted by Gasteiger charge is -2.11. The summed E-state index contributed by atoms with van der Waals surface area (Å²) in [6.07, 6.45) is 0. The summed E-state index contributed by atoms with van der Waals surface area (Å²) < 4.78 is 7.11. The molecule has 0 spiro atoms. The van der Waals surface area contributed by atoms with Crippen LogP contribution in [0.2, 0.25) is 0 Å². The maximum atomic E-state index is 13.1. The van der Waals surface area contributed by atoms with Crippen LogP contribution in [0, 0.1) is 0 Å². The van der Waals surface area contributed by atoms with Gasteiger partial charge in [-0.25, -0.2) is 14.9 Å². The number of imidazole rings is 1. The Hall–Kier alpha value is -3.63. The molecule has 5 aromatic rings. The van der Waals surface area contributed by atoms with Crippen LogP contribution in [0.3, 0.4) is 0 Å². The minimum atomic E-state index is -0.481. The Morgan fingerprint density at radius 1 is 1.18 bits per heavy atom. The molecule has 1 atom stereocenters. The first-order valence-electron chi connectivity index (χ1n) is 10.7. The molecule has 0 saturated heterocycles. The number of benzene rings is 2. The molecule has 172 valence electrons. The number of hydrogen-bond donors (Lipinski definition) is 2. The second-order valence-electron chi connectivity index (χ2n) is 7.45. The number of fused-ring (bicyclic) bond motifs is 3.